The number of carbonyl (C=O) groups is 2. The molecule has 8 heteroatoms. The Balaban J connectivity index is 1.85. The minimum Gasteiger partial charge on any atom is -0.458 e. The first-order valence-electron chi connectivity index (χ1n) is 12.6. The number of fused-ring (bicyclic) bond motifs is 1. The molecule has 2 aliphatic heterocycles. The number of aryl methyl sites for hydroxylation is 1. The van der Waals surface area contributed by atoms with Gasteiger partial charge in [-0.3, -0.25) is 9.59 Å². The summed E-state index contributed by atoms with van der Waals surface area (Å²) in [4.78, 5) is 30.4. The van der Waals surface area contributed by atoms with Crippen molar-refractivity contribution in [2.45, 2.75) is 111 Å². The molecule has 7 atom stereocenters. The number of Topliss-reactive ketones (excluding diaryl/α,β-unsaturated/α-hetero) is 1. The van der Waals surface area contributed by atoms with Crippen LogP contribution in [-0.4, -0.2) is 57.0 Å². The molecule has 196 valence electrons. The van der Waals surface area contributed by atoms with Gasteiger partial charge in [-0.1, -0.05) is 34.1 Å². The van der Waals surface area contributed by atoms with E-state index in [2.05, 4.69) is 11.9 Å². The summed E-state index contributed by atoms with van der Waals surface area (Å²) < 4.78 is 17.1. The molecule has 0 amide bonds. The predicted octanol–water partition coefficient (Wildman–Crippen LogP) is 4.01. The van der Waals surface area contributed by atoms with E-state index in [1.807, 2.05) is 19.9 Å². The van der Waals surface area contributed by atoms with Crippen LogP contribution in [0.3, 0.4) is 0 Å². The third kappa shape index (κ3) is 6.40. The first-order chi connectivity index (χ1) is 16.2. The van der Waals surface area contributed by atoms with Crippen molar-refractivity contribution in [3.63, 3.8) is 0 Å². The fraction of sp³-hybridized carbons (Fsp3) is 0.741. The largest absolute Gasteiger partial charge is 0.458 e. The molecule has 35 heavy (non-hydrogen) atoms. The molecule has 0 aromatic carbocycles. The van der Waals surface area contributed by atoms with Crippen LogP contribution >= 0.6 is 0 Å². The van der Waals surface area contributed by atoms with Gasteiger partial charge in [0.25, 0.3) is 0 Å². The number of carbonyl (C=O) groups excluding carboxylic acids is 2. The summed E-state index contributed by atoms with van der Waals surface area (Å²) in [6, 6.07) is 0. The summed E-state index contributed by atoms with van der Waals surface area (Å²) in [6.45, 7) is 12.5. The smallest absolute Gasteiger partial charge is 0.309 e. The molecule has 7 unspecified atom stereocenters. The number of aromatic nitrogens is 1. The average Bonchev–Trinajstić information content (AvgIpc) is 3.22. The van der Waals surface area contributed by atoms with E-state index in [-0.39, 0.29) is 29.8 Å². The van der Waals surface area contributed by atoms with Crippen LogP contribution in [0, 0.1) is 24.2 Å². The van der Waals surface area contributed by atoms with E-state index in [1.165, 1.54) is 0 Å². The molecule has 0 aliphatic carbocycles. The van der Waals surface area contributed by atoms with E-state index in [1.54, 1.807) is 34.0 Å². The van der Waals surface area contributed by atoms with Gasteiger partial charge in [0.05, 0.1) is 35.7 Å². The quantitative estimate of drug-likeness (QED) is 0.470. The van der Waals surface area contributed by atoms with Gasteiger partial charge in [-0.15, -0.1) is 0 Å². The maximum Gasteiger partial charge on any atom is 0.309 e. The van der Waals surface area contributed by atoms with Crippen LogP contribution in [0.5, 0.6) is 0 Å². The molecule has 1 aromatic rings. The molecule has 0 radical (unpaired) electrons. The standard InChI is InChI=1S/C27H41NO7/c1-15-9-8-10-27(7)22(35-27)12-20(16(2)11-19-14-33-18(4)28-19)34-23(30)13-21(29)26(5,6)25(32)17(3)24(15)31/h11,14-15,17,20-22,24,29,31H,8-10,12-13H2,1-7H3/b16-11+. The second-order valence-corrected chi connectivity index (χ2v) is 11.3. The number of hydrogen-bond donors (Lipinski definition) is 2. The van der Waals surface area contributed by atoms with Gasteiger partial charge in [-0.25, -0.2) is 4.98 Å². The molecule has 2 fully saturated rings. The second kappa shape index (κ2) is 10.5. The fourth-order valence-electron chi connectivity index (χ4n) is 5.07. The number of cyclic esters (lactones) is 1. The van der Waals surface area contributed by atoms with Crippen LogP contribution in [0.25, 0.3) is 6.08 Å². The van der Waals surface area contributed by atoms with Crippen molar-refractivity contribution < 1.29 is 33.7 Å². The normalized spacial score (nSPS) is 37.5. The number of epoxide rings is 1. The van der Waals surface area contributed by atoms with E-state index in [4.69, 9.17) is 13.9 Å². The van der Waals surface area contributed by atoms with E-state index in [9.17, 15) is 19.8 Å². The van der Waals surface area contributed by atoms with Gasteiger partial charge < -0.3 is 24.1 Å². The number of rotatable bonds is 2. The molecule has 0 bridgehead atoms. The van der Waals surface area contributed by atoms with Gasteiger partial charge >= 0.3 is 5.97 Å². The first kappa shape index (κ1) is 27.6. The molecule has 2 N–H and O–H groups in total. The van der Waals surface area contributed by atoms with Gasteiger partial charge in [-0.05, 0) is 44.3 Å². The maximum absolute atomic E-state index is 13.2. The molecule has 0 spiro atoms. The number of nitrogens with zero attached hydrogens (tertiary/aromatic N) is 1. The minimum atomic E-state index is -1.24. The Labute approximate surface area is 208 Å². The summed E-state index contributed by atoms with van der Waals surface area (Å²) in [5.74, 6) is -1.06. The van der Waals surface area contributed by atoms with Crippen LogP contribution in [0.15, 0.2) is 16.3 Å². The molecule has 2 saturated heterocycles. The van der Waals surface area contributed by atoms with Gasteiger partial charge in [0.2, 0.25) is 0 Å². The molecule has 8 nitrogen and oxygen atoms in total. The highest BCUT2D eigenvalue weighted by Gasteiger charge is 2.53. The molecule has 1 aromatic heterocycles. The summed E-state index contributed by atoms with van der Waals surface area (Å²) in [5, 5.41) is 21.7. The van der Waals surface area contributed by atoms with Crippen molar-refractivity contribution in [2.75, 3.05) is 0 Å². The highest BCUT2D eigenvalue weighted by molar-refractivity contribution is 5.88. The van der Waals surface area contributed by atoms with Crippen molar-refractivity contribution >= 4 is 17.8 Å². The number of aliphatic hydroxyl groups is 2. The lowest BCUT2D eigenvalue weighted by molar-refractivity contribution is -0.154. The third-order valence-electron chi connectivity index (χ3n) is 7.93. The highest BCUT2D eigenvalue weighted by atomic mass is 16.6. The number of oxazole rings is 1. The average molecular weight is 492 g/mol. The van der Waals surface area contributed by atoms with E-state index in [0.717, 1.165) is 24.8 Å². The van der Waals surface area contributed by atoms with Crippen molar-refractivity contribution in [3.8, 4) is 0 Å². The monoisotopic (exact) mass is 491 g/mol. The topological polar surface area (TPSA) is 122 Å². The Kier molecular flexibility index (Phi) is 8.29. The van der Waals surface area contributed by atoms with Crippen LogP contribution in [0.2, 0.25) is 0 Å². The lowest BCUT2D eigenvalue weighted by Gasteiger charge is -2.34. The molecular weight excluding hydrogens is 450 g/mol. The number of aliphatic hydroxyl groups excluding tert-OH is 2. The second-order valence-electron chi connectivity index (χ2n) is 11.3. The lowest BCUT2D eigenvalue weighted by Crippen LogP contribution is -2.45. The zero-order chi connectivity index (χ0) is 26.1. The van der Waals surface area contributed by atoms with Crippen LogP contribution in [0.1, 0.15) is 85.2 Å². The number of hydrogen-bond acceptors (Lipinski definition) is 8. The van der Waals surface area contributed by atoms with Crippen molar-refractivity contribution in [1.82, 2.24) is 4.98 Å². The Bertz CT molecular complexity index is 951. The van der Waals surface area contributed by atoms with E-state index < -0.39 is 35.6 Å². The molecule has 3 heterocycles. The SMILES string of the molecule is C/C(=C\c1coc(C)n1)C1CC2OC2(C)CCCC(C)C(O)C(C)C(=O)C(C)(C)C(O)CC(=O)O1. The first-order valence-corrected chi connectivity index (χ1v) is 12.6. The predicted molar refractivity (Wildman–Crippen MR) is 130 cm³/mol. The molecular formula is C27H41NO7. The number of ether oxygens (including phenoxy) is 2. The van der Waals surface area contributed by atoms with E-state index in [0.29, 0.717) is 18.0 Å². The zero-order valence-electron chi connectivity index (χ0n) is 22.0. The molecule has 2 aliphatic rings. The Hall–Kier alpha value is -2.03. The molecule has 0 saturated carbocycles. The Morgan fingerprint density at radius 3 is 2.51 bits per heavy atom. The summed E-state index contributed by atoms with van der Waals surface area (Å²) >= 11 is 0. The molecule has 3 rings (SSSR count). The van der Waals surface area contributed by atoms with Crippen LogP contribution < -0.4 is 0 Å². The van der Waals surface area contributed by atoms with Crippen molar-refractivity contribution in [1.29, 1.82) is 0 Å². The maximum atomic E-state index is 13.2. The fourth-order valence-corrected chi connectivity index (χ4v) is 5.07. The van der Waals surface area contributed by atoms with Gasteiger partial charge in [-0.2, -0.15) is 0 Å². The van der Waals surface area contributed by atoms with Gasteiger partial charge in [0, 0.05) is 19.3 Å². The lowest BCUT2D eigenvalue weighted by atomic mass is 9.73. The summed E-state index contributed by atoms with van der Waals surface area (Å²) in [6.07, 6.45) is 3.23. The summed E-state index contributed by atoms with van der Waals surface area (Å²) in [5.41, 5.74) is -0.107. The van der Waals surface area contributed by atoms with Gasteiger partial charge in [0.1, 0.15) is 23.8 Å². The number of ketones is 1. The minimum absolute atomic E-state index is 0.0716. The van der Waals surface area contributed by atoms with Crippen molar-refractivity contribution in [2.24, 2.45) is 17.3 Å². The summed E-state index contributed by atoms with van der Waals surface area (Å²) in [7, 11) is 0. The van der Waals surface area contributed by atoms with E-state index >= 15 is 0 Å². The third-order valence-corrected chi connectivity index (χ3v) is 7.93. The highest BCUT2D eigenvalue weighted by Crippen LogP contribution is 2.45. The van der Waals surface area contributed by atoms with Gasteiger partial charge in [0.15, 0.2) is 5.89 Å². The zero-order valence-corrected chi connectivity index (χ0v) is 22.0. The van der Waals surface area contributed by atoms with Crippen LogP contribution in [-0.2, 0) is 19.1 Å². The Morgan fingerprint density at radius 2 is 1.89 bits per heavy atom. The van der Waals surface area contributed by atoms with Crippen LogP contribution in [0.4, 0.5) is 0 Å². The van der Waals surface area contributed by atoms with Crippen molar-refractivity contribution in [3.05, 3.63) is 23.4 Å². The number of esters is 1. The Morgan fingerprint density at radius 1 is 1.20 bits per heavy atom.